The van der Waals surface area contributed by atoms with E-state index in [1.54, 1.807) is 109 Å². The number of aliphatic hydroxyl groups is 1. The van der Waals surface area contributed by atoms with Gasteiger partial charge in [0.2, 0.25) is 41.4 Å². The van der Waals surface area contributed by atoms with E-state index in [0.717, 1.165) is 0 Å². The maximum absolute atomic E-state index is 14.8. The molecule has 10 amide bonds. The Morgan fingerprint density at radius 2 is 1.22 bits per heavy atom. The van der Waals surface area contributed by atoms with E-state index in [1.807, 2.05) is 32.0 Å². The molecule has 12 atom stereocenters. The average molecular weight is 1440 g/mol. The van der Waals surface area contributed by atoms with Crippen LogP contribution in [0.15, 0.2) is 54.6 Å². The first-order valence-corrected chi connectivity index (χ1v) is 35.5. The molecule has 2 aromatic carbocycles. The molecule has 1 fully saturated rings. The number of carboxylic acids is 1. The highest BCUT2D eigenvalue weighted by Crippen LogP contribution is 2.31. The molecule has 3 rings (SSSR count). The number of aliphatic carboxylic acids is 1. The molecule has 2 aromatic rings. The highest BCUT2D eigenvalue weighted by atomic mass is 16.6. The molecule has 0 aromatic heterocycles. The van der Waals surface area contributed by atoms with Gasteiger partial charge in [0, 0.05) is 53.5 Å². The lowest BCUT2D eigenvalue weighted by atomic mass is 9.89. The monoisotopic (exact) mass is 1440 g/mol. The molecule has 0 bridgehead atoms. The lowest BCUT2D eigenvalue weighted by Gasteiger charge is -2.41. The van der Waals surface area contributed by atoms with Crippen molar-refractivity contribution in [1.82, 2.24) is 41.3 Å². The Labute approximate surface area is 601 Å². The van der Waals surface area contributed by atoms with Gasteiger partial charge in [-0.3, -0.25) is 43.3 Å². The van der Waals surface area contributed by atoms with E-state index < -0.39 is 126 Å². The number of primary amides is 1. The minimum atomic E-state index is -1.12. The van der Waals surface area contributed by atoms with Crippen molar-refractivity contribution in [3.8, 4) is 0 Å². The summed E-state index contributed by atoms with van der Waals surface area (Å²) >= 11 is 0. The zero-order valence-electron chi connectivity index (χ0n) is 62.4. The van der Waals surface area contributed by atoms with Gasteiger partial charge < -0.3 is 95.5 Å². The molecule has 30 nitrogen and oxygen atoms in total. The summed E-state index contributed by atoms with van der Waals surface area (Å²) in [6, 6.07) is 8.68. The van der Waals surface area contributed by atoms with Crippen LogP contribution in [0.3, 0.4) is 0 Å². The van der Waals surface area contributed by atoms with Gasteiger partial charge in [-0.1, -0.05) is 111 Å². The first kappa shape index (κ1) is 88.6. The van der Waals surface area contributed by atoms with Gasteiger partial charge >= 0.3 is 18.1 Å². The summed E-state index contributed by atoms with van der Waals surface area (Å²) in [4.78, 5) is 138. The number of urea groups is 1. The van der Waals surface area contributed by atoms with Gasteiger partial charge in [0.15, 0.2) is 0 Å². The van der Waals surface area contributed by atoms with E-state index in [-0.39, 0.29) is 102 Å². The van der Waals surface area contributed by atoms with Crippen LogP contribution in [0.25, 0.3) is 0 Å². The summed E-state index contributed by atoms with van der Waals surface area (Å²) in [5, 5.41) is 36.2. The average Bonchev–Trinajstić information content (AvgIpc) is 0.859. The number of nitrogens with one attached hydrogen (secondary N) is 6. The van der Waals surface area contributed by atoms with E-state index in [4.69, 9.17) is 48.7 Å². The van der Waals surface area contributed by atoms with Crippen LogP contribution in [-0.4, -0.2) is 246 Å². The Bertz CT molecular complexity index is 2880. The van der Waals surface area contributed by atoms with E-state index >= 15 is 0 Å². The summed E-state index contributed by atoms with van der Waals surface area (Å²) in [5.41, 5.74) is 6.78. The first-order chi connectivity index (χ1) is 48.5. The number of likely N-dealkylation sites (N-methyl/N-ethyl adjacent to an activating group) is 2. The second kappa shape index (κ2) is 47.6. The molecular weight excluding hydrogens is 1320 g/mol. The van der Waals surface area contributed by atoms with Crippen LogP contribution in [0, 0.1) is 29.6 Å². The lowest BCUT2D eigenvalue weighted by Crippen LogP contribution is -2.60. The molecule has 1 heterocycles. The van der Waals surface area contributed by atoms with E-state index in [1.165, 1.54) is 26.2 Å². The quantitative estimate of drug-likeness (QED) is 0.0411. The fourth-order valence-corrected chi connectivity index (χ4v) is 12.0. The molecule has 0 unspecified atom stereocenters. The molecule has 102 heavy (non-hydrogen) atoms. The summed E-state index contributed by atoms with van der Waals surface area (Å²) in [7, 11) is 6.08. The molecule has 0 saturated carbocycles. The van der Waals surface area contributed by atoms with Crippen molar-refractivity contribution in [2.75, 3.05) is 113 Å². The number of amides is 10. The van der Waals surface area contributed by atoms with Crippen molar-refractivity contribution in [2.45, 2.75) is 188 Å². The zero-order chi connectivity index (χ0) is 76.0. The van der Waals surface area contributed by atoms with E-state index in [0.29, 0.717) is 75.7 Å². The highest BCUT2D eigenvalue weighted by molar-refractivity contribution is 5.98. The number of aliphatic hydroxyl groups excluding tert-OH is 1. The van der Waals surface area contributed by atoms with Crippen molar-refractivity contribution in [2.24, 2.45) is 35.3 Å². The maximum Gasteiger partial charge on any atom is 0.410 e. The fraction of sp³-hybridized carbons (Fsp3) is 0.694. The van der Waals surface area contributed by atoms with Gasteiger partial charge in [0.05, 0.1) is 121 Å². The molecule has 30 heteroatoms. The highest BCUT2D eigenvalue weighted by Gasteiger charge is 2.44. The maximum atomic E-state index is 14.8. The second-order valence-corrected chi connectivity index (χ2v) is 26.8. The SMILES string of the molecule is CC[C@H](C)[C@@H]([C@@H](CC(=O)N1CCC[C@H]1[C@H](OC)[C@@H](C)C(=O)N[C@H](C)[C@@H](O)c1ccccc1)OC)N(C)C(=O)[C@@H](NC(=O)[C@H](C(C)C)N(C)C(=O)OCc1ccc(NC(=O)[C@H](CCCNC(N)=O)NC(=O)[C@@H](NC(=O)CCOCCOCCOCCOCCOCCC(=O)O)C(C)C)cc1)C(C)C. The minimum Gasteiger partial charge on any atom is -0.481 e. The Morgan fingerprint density at radius 1 is 0.647 bits per heavy atom. The summed E-state index contributed by atoms with van der Waals surface area (Å²) in [5.74, 6) is -6.32. The van der Waals surface area contributed by atoms with Crippen molar-refractivity contribution >= 4 is 65.1 Å². The van der Waals surface area contributed by atoms with Crippen LogP contribution in [0.5, 0.6) is 0 Å². The number of methoxy groups -OCH3 is 2. The van der Waals surface area contributed by atoms with E-state index in [2.05, 4.69) is 31.9 Å². The molecule has 10 N–H and O–H groups in total. The minimum absolute atomic E-state index is 0.0491. The Morgan fingerprint density at radius 3 is 1.74 bits per heavy atom. The van der Waals surface area contributed by atoms with Crippen LogP contribution in [0.2, 0.25) is 0 Å². The number of rotatable bonds is 50. The molecule has 1 aliphatic rings. The van der Waals surface area contributed by atoms with Crippen LogP contribution < -0.4 is 37.6 Å². The van der Waals surface area contributed by atoms with Crippen LogP contribution in [-0.2, 0) is 82.9 Å². The van der Waals surface area contributed by atoms with E-state index in [9.17, 15) is 53.1 Å². The topological polar surface area (TPSA) is 393 Å². The summed E-state index contributed by atoms with van der Waals surface area (Å²) in [6.45, 7) is 20.9. The zero-order valence-corrected chi connectivity index (χ0v) is 62.4. The molecule has 1 saturated heterocycles. The normalized spacial score (nSPS) is 16.3. The number of carboxylic acid groups (broad SMARTS) is 1. The molecule has 576 valence electrons. The van der Waals surface area contributed by atoms with Crippen molar-refractivity contribution in [1.29, 1.82) is 0 Å². The van der Waals surface area contributed by atoms with Crippen molar-refractivity contribution < 1.29 is 96.1 Å². The molecule has 1 aliphatic heterocycles. The van der Waals surface area contributed by atoms with Crippen LogP contribution >= 0.6 is 0 Å². The summed E-state index contributed by atoms with van der Waals surface area (Å²) < 4.78 is 44.8. The standard InChI is InChI=1S/C72H118N10O20/c1-15-48(8)63(56(95-13)43-58(84)82-32-20-24-55(82)65(96-14)49(9)66(88)75-50(10)64(87)52-21-17-16-18-22-52)80(11)70(92)61(46(4)5)79-69(91)62(47(6)7)81(12)72(94)102-44-51-25-27-53(28-26-51)76-67(89)54(23-19-31-74-71(73)93)77-68(90)60(45(2)3)78-57(83)29-33-97-35-37-99-39-41-101-42-40-100-38-36-98-34-30-59(85)86/h16-18,21-22,25-28,45-50,54-56,60-65,87H,15,19-20,23-24,29-44H2,1-14H3,(H,75,88)(H,76,89)(H,77,90)(H,78,83)(H,79,91)(H,85,86)(H3,73,74,93)/t48-,49+,50+,54-,55-,56+,60-,61-,62-,63-,64+,65+/m0/s1. The Hall–Kier alpha value is -7.58. The third-order valence-corrected chi connectivity index (χ3v) is 18.0. The predicted molar refractivity (Wildman–Crippen MR) is 380 cm³/mol. The molecule has 0 aliphatic carbocycles. The number of carbonyl (C=O) groups is 10. The van der Waals surface area contributed by atoms with Crippen LogP contribution in [0.1, 0.15) is 138 Å². The van der Waals surface area contributed by atoms with Gasteiger partial charge in [-0.05, 0) is 79.5 Å². The smallest absolute Gasteiger partial charge is 0.410 e. The Kier molecular flexibility index (Phi) is 41.4. The van der Waals surface area contributed by atoms with Gasteiger partial charge in [-0.15, -0.1) is 0 Å². The number of nitrogens with two attached hydrogens (primary N) is 1. The predicted octanol–water partition coefficient (Wildman–Crippen LogP) is 4.54. The largest absolute Gasteiger partial charge is 0.481 e. The number of nitrogens with zero attached hydrogens (tertiary/aromatic N) is 3. The number of carbonyl (C=O) groups excluding carboxylic acids is 9. The van der Waals surface area contributed by atoms with Gasteiger partial charge in [-0.25, -0.2) is 9.59 Å². The fourth-order valence-electron chi connectivity index (χ4n) is 12.0. The van der Waals surface area contributed by atoms with Crippen molar-refractivity contribution in [3.63, 3.8) is 0 Å². The molecule has 0 radical (unpaired) electrons. The third-order valence-electron chi connectivity index (χ3n) is 18.0. The lowest BCUT2D eigenvalue weighted by molar-refractivity contribution is -0.148. The first-order valence-electron chi connectivity index (χ1n) is 35.5. The Balaban J connectivity index is 1.60. The number of anilines is 1. The van der Waals surface area contributed by atoms with Crippen LogP contribution in [0.4, 0.5) is 15.3 Å². The molecule has 0 spiro atoms. The van der Waals surface area contributed by atoms with Gasteiger partial charge in [-0.2, -0.15) is 0 Å². The summed E-state index contributed by atoms with van der Waals surface area (Å²) in [6.07, 6.45) is -1.24. The number of hydrogen-bond acceptors (Lipinski definition) is 19. The second-order valence-electron chi connectivity index (χ2n) is 26.8. The number of likely N-dealkylation sites (tertiary alicyclic amines) is 1. The third kappa shape index (κ3) is 30.8. The number of ether oxygens (including phenoxy) is 8. The van der Waals surface area contributed by atoms with Gasteiger partial charge in [0.25, 0.3) is 0 Å². The number of benzene rings is 2. The number of hydrogen-bond donors (Lipinski definition) is 9. The molecular formula is C72H118N10O20. The van der Waals surface area contributed by atoms with Gasteiger partial charge in [0.1, 0.15) is 30.8 Å². The van der Waals surface area contributed by atoms with Crippen molar-refractivity contribution in [3.05, 3.63) is 65.7 Å².